The van der Waals surface area contributed by atoms with Gasteiger partial charge in [-0.3, -0.25) is 9.59 Å². The Morgan fingerprint density at radius 2 is 1.86 bits per heavy atom. The number of imidazole rings is 1. The normalized spacial score (nSPS) is 10.3. The minimum absolute atomic E-state index is 0.0929. The van der Waals surface area contributed by atoms with E-state index in [2.05, 4.69) is 25.3 Å². The van der Waals surface area contributed by atoms with Gasteiger partial charge in [0.2, 0.25) is 0 Å². The van der Waals surface area contributed by atoms with Crippen LogP contribution in [-0.4, -0.2) is 34.9 Å². The summed E-state index contributed by atoms with van der Waals surface area (Å²) in [5.74, 6) is -2.86. The Bertz CT molecular complexity index is 1100. The van der Waals surface area contributed by atoms with Gasteiger partial charge in [-0.2, -0.15) is 0 Å². The number of ether oxygens (including phenoxy) is 1. The SMILES string of the molecule is COC(=O)c1nc[nH]c1C(=O)Nc1ccc(NC(=O)c2ccccc2Cl)c(F)c1. The summed E-state index contributed by atoms with van der Waals surface area (Å²) in [5, 5.41) is 5.08. The number of esters is 1. The molecule has 3 aromatic rings. The van der Waals surface area contributed by atoms with Gasteiger partial charge in [0.15, 0.2) is 5.69 Å². The molecule has 0 aliphatic heterocycles. The lowest BCUT2D eigenvalue weighted by atomic mass is 10.2. The number of aromatic nitrogens is 2. The molecule has 0 aliphatic carbocycles. The van der Waals surface area contributed by atoms with E-state index in [0.717, 1.165) is 19.5 Å². The molecule has 0 saturated heterocycles. The number of aromatic amines is 1. The number of hydrogen-bond acceptors (Lipinski definition) is 5. The molecule has 0 unspecified atom stereocenters. The molecule has 1 heterocycles. The molecule has 1 aromatic heterocycles. The van der Waals surface area contributed by atoms with Gasteiger partial charge in [-0.05, 0) is 30.3 Å². The van der Waals surface area contributed by atoms with Crippen molar-refractivity contribution in [2.75, 3.05) is 17.7 Å². The molecule has 0 fully saturated rings. The summed E-state index contributed by atoms with van der Waals surface area (Å²) in [6.45, 7) is 0. The summed E-state index contributed by atoms with van der Waals surface area (Å²) in [6.07, 6.45) is 1.16. The molecule has 148 valence electrons. The van der Waals surface area contributed by atoms with Gasteiger partial charge >= 0.3 is 5.97 Å². The molecule has 2 aromatic carbocycles. The first-order valence-electron chi connectivity index (χ1n) is 8.19. The van der Waals surface area contributed by atoms with Crippen LogP contribution in [0.5, 0.6) is 0 Å². The number of anilines is 2. The molecule has 0 spiro atoms. The maximum Gasteiger partial charge on any atom is 0.359 e. The van der Waals surface area contributed by atoms with Crippen molar-refractivity contribution in [2.24, 2.45) is 0 Å². The molecule has 29 heavy (non-hydrogen) atoms. The fourth-order valence-electron chi connectivity index (χ4n) is 2.44. The second-order valence-electron chi connectivity index (χ2n) is 5.70. The van der Waals surface area contributed by atoms with Crippen molar-refractivity contribution in [1.29, 1.82) is 0 Å². The maximum absolute atomic E-state index is 14.4. The van der Waals surface area contributed by atoms with E-state index in [1.54, 1.807) is 18.2 Å². The van der Waals surface area contributed by atoms with E-state index >= 15 is 0 Å². The highest BCUT2D eigenvalue weighted by Gasteiger charge is 2.21. The van der Waals surface area contributed by atoms with Crippen molar-refractivity contribution in [3.63, 3.8) is 0 Å². The number of nitrogens with zero attached hydrogens (tertiary/aromatic N) is 1. The fourth-order valence-corrected chi connectivity index (χ4v) is 2.66. The Kier molecular flexibility index (Phi) is 5.89. The van der Waals surface area contributed by atoms with Crippen LogP contribution in [0.2, 0.25) is 5.02 Å². The van der Waals surface area contributed by atoms with Crippen LogP contribution in [0.3, 0.4) is 0 Å². The van der Waals surface area contributed by atoms with Gasteiger partial charge in [0.25, 0.3) is 11.8 Å². The van der Waals surface area contributed by atoms with Crippen LogP contribution in [-0.2, 0) is 4.74 Å². The zero-order chi connectivity index (χ0) is 21.0. The number of nitrogens with one attached hydrogen (secondary N) is 3. The number of carbonyl (C=O) groups is 3. The Balaban J connectivity index is 1.74. The average molecular weight is 417 g/mol. The van der Waals surface area contributed by atoms with Crippen molar-refractivity contribution >= 4 is 40.8 Å². The second kappa shape index (κ2) is 8.53. The average Bonchev–Trinajstić information content (AvgIpc) is 3.19. The molecule has 10 heteroatoms. The van der Waals surface area contributed by atoms with E-state index in [1.807, 2.05) is 0 Å². The van der Waals surface area contributed by atoms with E-state index in [9.17, 15) is 18.8 Å². The molecule has 3 N–H and O–H groups in total. The first-order chi connectivity index (χ1) is 13.9. The molecule has 3 rings (SSSR count). The predicted octanol–water partition coefficient (Wildman–Crippen LogP) is 3.49. The van der Waals surface area contributed by atoms with Crippen molar-refractivity contribution < 1.29 is 23.5 Å². The number of amides is 2. The molecule has 0 saturated carbocycles. The molecule has 0 aliphatic rings. The number of rotatable bonds is 5. The van der Waals surface area contributed by atoms with Gasteiger partial charge in [0.1, 0.15) is 11.5 Å². The van der Waals surface area contributed by atoms with Crippen LogP contribution in [0.4, 0.5) is 15.8 Å². The molecular formula is C19H14ClFN4O4. The van der Waals surface area contributed by atoms with E-state index in [1.165, 1.54) is 18.2 Å². The summed E-state index contributed by atoms with van der Waals surface area (Å²) in [5.41, 5.74) is -0.124. The molecule has 0 bridgehead atoms. The Morgan fingerprint density at radius 1 is 1.10 bits per heavy atom. The highest BCUT2D eigenvalue weighted by molar-refractivity contribution is 6.34. The first kappa shape index (κ1) is 20.0. The maximum atomic E-state index is 14.4. The first-order valence-corrected chi connectivity index (χ1v) is 8.57. The summed E-state index contributed by atoms with van der Waals surface area (Å²) in [7, 11) is 1.16. The van der Waals surface area contributed by atoms with Gasteiger partial charge < -0.3 is 20.4 Å². The quantitative estimate of drug-likeness (QED) is 0.551. The van der Waals surface area contributed by atoms with E-state index in [-0.39, 0.29) is 33.3 Å². The third-order valence-electron chi connectivity index (χ3n) is 3.84. The second-order valence-corrected chi connectivity index (χ2v) is 6.11. The standard InChI is InChI=1S/C19H14ClFN4O4/c1-29-19(28)16-15(22-9-23-16)18(27)24-10-6-7-14(13(21)8-10)25-17(26)11-4-2-3-5-12(11)20/h2-9H,1H3,(H,22,23)(H,24,27)(H,25,26). The van der Waals surface area contributed by atoms with Crippen LogP contribution in [0, 0.1) is 5.82 Å². The summed E-state index contributed by atoms with van der Waals surface area (Å²) in [6, 6.07) is 10.0. The van der Waals surface area contributed by atoms with E-state index in [4.69, 9.17) is 11.6 Å². The topological polar surface area (TPSA) is 113 Å². The molecule has 2 amide bonds. The van der Waals surface area contributed by atoms with Crippen LogP contribution >= 0.6 is 11.6 Å². The minimum Gasteiger partial charge on any atom is -0.464 e. The summed E-state index contributed by atoms with van der Waals surface area (Å²) in [4.78, 5) is 42.4. The molecular weight excluding hydrogens is 403 g/mol. The lowest BCUT2D eigenvalue weighted by Gasteiger charge is -2.10. The number of halogens is 2. The Hall–Kier alpha value is -3.72. The van der Waals surface area contributed by atoms with Gasteiger partial charge in [-0.15, -0.1) is 0 Å². The van der Waals surface area contributed by atoms with E-state index < -0.39 is 23.6 Å². The Morgan fingerprint density at radius 3 is 2.55 bits per heavy atom. The minimum atomic E-state index is -0.791. The zero-order valence-corrected chi connectivity index (χ0v) is 15.7. The number of hydrogen-bond donors (Lipinski definition) is 3. The number of H-pyrrole nitrogens is 1. The lowest BCUT2D eigenvalue weighted by Crippen LogP contribution is -2.18. The largest absolute Gasteiger partial charge is 0.464 e. The predicted molar refractivity (Wildman–Crippen MR) is 104 cm³/mol. The number of methoxy groups -OCH3 is 1. The fraction of sp³-hybridized carbons (Fsp3) is 0.0526. The highest BCUT2D eigenvalue weighted by atomic mass is 35.5. The van der Waals surface area contributed by atoms with Crippen molar-refractivity contribution in [1.82, 2.24) is 9.97 Å². The molecule has 0 atom stereocenters. The summed E-state index contributed by atoms with van der Waals surface area (Å²) >= 11 is 5.96. The van der Waals surface area contributed by atoms with Gasteiger partial charge in [-0.1, -0.05) is 23.7 Å². The smallest absolute Gasteiger partial charge is 0.359 e. The molecule has 0 radical (unpaired) electrons. The van der Waals surface area contributed by atoms with Gasteiger partial charge in [0.05, 0.1) is 29.7 Å². The number of carbonyl (C=O) groups excluding carboxylic acids is 3. The van der Waals surface area contributed by atoms with Crippen molar-refractivity contribution in [2.45, 2.75) is 0 Å². The van der Waals surface area contributed by atoms with Crippen molar-refractivity contribution in [3.8, 4) is 0 Å². The number of benzene rings is 2. The third-order valence-corrected chi connectivity index (χ3v) is 4.17. The zero-order valence-electron chi connectivity index (χ0n) is 15.0. The Labute approximate surface area is 169 Å². The molecule has 8 nitrogen and oxygen atoms in total. The van der Waals surface area contributed by atoms with Crippen LogP contribution < -0.4 is 10.6 Å². The van der Waals surface area contributed by atoms with Crippen LogP contribution in [0.15, 0.2) is 48.8 Å². The van der Waals surface area contributed by atoms with E-state index in [0.29, 0.717) is 0 Å². The monoisotopic (exact) mass is 416 g/mol. The highest BCUT2D eigenvalue weighted by Crippen LogP contribution is 2.22. The van der Waals surface area contributed by atoms with Crippen molar-refractivity contribution in [3.05, 3.63) is 76.6 Å². The van der Waals surface area contributed by atoms with Crippen LogP contribution in [0.25, 0.3) is 0 Å². The van der Waals surface area contributed by atoms with Gasteiger partial charge in [0, 0.05) is 5.69 Å². The third kappa shape index (κ3) is 4.41. The van der Waals surface area contributed by atoms with Crippen LogP contribution in [0.1, 0.15) is 31.3 Å². The lowest BCUT2D eigenvalue weighted by molar-refractivity contribution is 0.0591. The summed E-state index contributed by atoms with van der Waals surface area (Å²) < 4.78 is 18.9. The van der Waals surface area contributed by atoms with Gasteiger partial charge in [-0.25, -0.2) is 14.2 Å².